The lowest BCUT2D eigenvalue weighted by atomic mass is 10.2. The predicted molar refractivity (Wildman–Crippen MR) is 76.6 cm³/mol. The van der Waals surface area contributed by atoms with Crippen molar-refractivity contribution < 1.29 is 0 Å². The van der Waals surface area contributed by atoms with E-state index in [1.807, 2.05) is 26.0 Å². The molecule has 0 saturated heterocycles. The van der Waals surface area contributed by atoms with Crippen molar-refractivity contribution in [3.8, 4) is 0 Å². The van der Waals surface area contributed by atoms with Crippen molar-refractivity contribution in [3.05, 3.63) is 36.6 Å². The summed E-state index contributed by atoms with van der Waals surface area (Å²) in [6, 6.07) is 0. The zero-order valence-electron chi connectivity index (χ0n) is 11.8. The zero-order valence-corrected chi connectivity index (χ0v) is 11.8. The van der Waals surface area contributed by atoms with Gasteiger partial charge in [0.1, 0.15) is 0 Å². The Morgan fingerprint density at radius 1 is 1.12 bits per heavy atom. The van der Waals surface area contributed by atoms with Crippen molar-refractivity contribution in [2.75, 3.05) is 13.6 Å². The van der Waals surface area contributed by atoms with E-state index in [-0.39, 0.29) is 0 Å². The number of nitrogens with zero attached hydrogens (tertiary/aromatic N) is 1. The van der Waals surface area contributed by atoms with Gasteiger partial charge >= 0.3 is 0 Å². The van der Waals surface area contributed by atoms with Crippen LogP contribution in [-0.4, -0.2) is 18.5 Å². The monoisotopic (exact) mass is 223 g/mol. The van der Waals surface area contributed by atoms with Gasteiger partial charge in [-0.2, -0.15) is 0 Å². The molecule has 0 heterocycles. The molecule has 1 nitrogen and oxygen atoms in total. The first-order valence-corrected chi connectivity index (χ1v) is 6.37. The molecule has 1 heteroatoms. The fourth-order valence-corrected chi connectivity index (χ4v) is 0.998. The highest BCUT2D eigenvalue weighted by molar-refractivity contribution is 5.23. The summed E-state index contributed by atoms with van der Waals surface area (Å²) in [6.07, 6.45) is 7.54. The molecule has 0 aliphatic rings. The maximum absolute atomic E-state index is 4.01. The Labute approximate surface area is 103 Å². The second kappa shape index (κ2) is 12.1. The number of allylic oxidation sites excluding steroid dienone is 3. The van der Waals surface area contributed by atoms with Gasteiger partial charge in [0.15, 0.2) is 0 Å². The number of unbranched alkanes of at least 4 members (excludes halogenated alkanes) is 1. The smallest absolute Gasteiger partial charge is 0.0290 e. The highest BCUT2D eigenvalue weighted by Gasteiger charge is 1.96. The van der Waals surface area contributed by atoms with Gasteiger partial charge in [0, 0.05) is 19.3 Å². The first-order chi connectivity index (χ1) is 7.61. The SMILES string of the molecule is C=C(/C=C\C(=C)N(C)CCCC)CC.CC. The maximum atomic E-state index is 4.01. The molecule has 0 aliphatic heterocycles. The molecule has 94 valence electrons. The van der Waals surface area contributed by atoms with E-state index >= 15 is 0 Å². The lowest BCUT2D eigenvalue weighted by molar-refractivity contribution is 0.419. The molecule has 0 aromatic carbocycles. The second-order valence-corrected chi connectivity index (χ2v) is 3.61. The van der Waals surface area contributed by atoms with Crippen LogP contribution >= 0.6 is 0 Å². The topological polar surface area (TPSA) is 3.24 Å². The van der Waals surface area contributed by atoms with Crippen LogP contribution in [0.1, 0.15) is 47.0 Å². The first kappa shape index (κ1) is 17.4. The summed E-state index contributed by atoms with van der Waals surface area (Å²) in [7, 11) is 2.08. The molecule has 0 aromatic heterocycles. The number of hydrogen-bond acceptors (Lipinski definition) is 1. The van der Waals surface area contributed by atoms with Crippen LogP contribution in [0, 0.1) is 0 Å². The normalized spacial score (nSPS) is 9.56. The van der Waals surface area contributed by atoms with Gasteiger partial charge in [-0.1, -0.05) is 58.9 Å². The number of hydrogen-bond donors (Lipinski definition) is 0. The molecule has 0 unspecified atom stereocenters. The lowest BCUT2D eigenvalue weighted by Gasteiger charge is -2.18. The Kier molecular flexibility index (Phi) is 13.2. The molecule has 0 aliphatic carbocycles. The summed E-state index contributed by atoms with van der Waals surface area (Å²) in [5.41, 5.74) is 2.21. The van der Waals surface area contributed by atoms with E-state index in [1.165, 1.54) is 12.8 Å². The Morgan fingerprint density at radius 2 is 1.69 bits per heavy atom. The van der Waals surface area contributed by atoms with Gasteiger partial charge in [-0.05, 0) is 18.9 Å². The van der Waals surface area contributed by atoms with E-state index in [0.29, 0.717) is 0 Å². The van der Waals surface area contributed by atoms with Crippen LogP contribution in [0.3, 0.4) is 0 Å². The van der Waals surface area contributed by atoms with E-state index in [9.17, 15) is 0 Å². The molecule has 0 aromatic rings. The molecular weight excluding hydrogens is 194 g/mol. The molecule has 16 heavy (non-hydrogen) atoms. The largest absolute Gasteiger partial charge is 0.375 e. The first-order valence-electron chi connectivity index (χ1n) is 6.37. The van der Waals surface area contributed by atoms with Crippen LogP contribution in [0.4, 0.5) is 0 Å². The van der Waals surface area contributed by atoms with Gasteiger partial charge in [0.25, 0.3) is 0 Å². The maximum Gasteiger partial charge on any atom is 0.0290 e. The third kappa shape index (κ3) is 9.57. The Hall–Kier alpha value is -0.980. The molecule has 0 spiro atoms. The Bertz CT molecular complexity index is 213. The van der Waals surface area contributed by atoms with Crippen molar-refractivity contribution in [2.24, 2.45) is 0 Å². The van der Waals surface area contributed by atoms with E-state index in [0.717, 1.165) is 24.2 Å². The van der Waals surface area contributed by atoms with Crippen molar-refractivity contribution in [1.29, 1.82) is 0 Å². The summed E-state index contributed by atoms with van der Waals surface area (Å²) < 4.78 is 0. The second-order valence-electron chi connectivity index (χ2n) is 3.61. The Balaban J connectivity index is 0. The molecule has 0 fully saturated rings. The van der Waals surface area contributed by atoms with Gasteiger partial charge in [0.05, 0.1) is 0 Å². The molecule has 0 atom stereocenters. The van der Waals surface area contributed by atoms with Crippen molar-refractivity contribution in [2.45, 2.75) is 47.0 Å². The molecule has 0 bridgehead atoms. The minimum Gasteiger partial charge on any atom is -0.375 e. The highest BCUT2D eigenvalue weighted by Crippen LogP contribution is 2.06. The number of likely N-dealkylation sites (N-methyl/N-ethyl adjacent to an activating group) is 1. The fraction of sp³-hybridized carbons (Fsp3) is 0.600. The van der Waals surface area contributed by atoms with Crippen LogP contribution in [0.5, 0.6) is 0 Å². The van der Waals surface area contributed by atoms with E-state index in [2.05, 4.69) is 39.0 Å². The standard InChI is InChI=1S/C13H23N.C2H6/c1-6-8-11-14(5)13(4)10-9-12(3)7-2;1-2/h9-10H,3-4,6-8,11H2,1-2,5H3;1-2H3/b10-9-;. The molecular formula is C15H29N. The Morgan fingerprint density at radius 3 is 2.12 bits per heavy atom. The van der Waals surface area contributed by atoms with Crippen LogP contribution in [0.25, 0.3) is 0 Å². The highest BCUT2D eigenvalue weighted by atomic mass is 15.1. The van der Waals surface area contributed by atoms with Crippen LogP contribution in [0.15, 0.2) is 36.6 Å². The average molecular weight is 223 g/mol. The van der Waals surface area contributed by atoms with Crippen molar-refractivity contribution in [3.63, 3.8) is 0 Å². The van der Waals surface area contributed by atoms with E-state index < -0.39 is 0 Å². The van der Waals surface area contributed by atoms with Gasteiger partial charge in [-0.25, -0.2) is 0 Å². The van der Waals surface area contributed by atoms with E-state index in [4.69, 9.17) is 0 Å². The number of rotatable bonds is 7. The van der Waals surface area contributed by atoms with Gasteiger partial charge in [-0.15, -0.1) is 0 Å². The third-order valence-electron chi connectivity index (χ3n) is 2.30. The minimum atomic E-state index is 1.00. The summed E-state index contributed by atoms with van der Waals surface area (Å²) in [6.45, 7) is 17.3. The van der Waals surface area contributed by atoms with E-state index in [1.54, 1.807) is 0 Å². The lowest BCUT2D eigenvalue weighted by Crippen LogP contribution is -2.16. The quantitative estimate of drug-likeness (QED) is 0.561. The van der Waals surface area contributed by atoms with Crippen molar-refractivity contribution >= 4 is 0 Å². The fourth-order valence-electron chi connectivity index (χ4n) is 0.998. The molecule has 0 amide bonds. The minimum absolute atomic E-state index is 1.00. The predicted octanol–water partition coefficient (Wildman–Crippen LogP) is 4.78. The summed E-state index contributed by atoms with van der Waals surface area (Å²) in [4.78, 5) is 2.18. The van der Waals surface area contributed by atoms with Crippen LogP contribution < -0.4 is 0 Å². The molecule has 0 saturated carbocycles. The van der Waals surface area contributed by atoms with Gasteiger partial charge in [0.2, 0.25) is 0 Å². The third-order valence-corrected chi connectivity index (χ3v) is 2.30. The van der Waals surface area contributed by atoms with Gasteiger partial charge < -0.3 is 4.90 Å². The van der Waals surface area contributed by atoms with Crippen molar-refractivity contribution in [1.82, 2.24) is 4.90 Å². The summed E-state index contributed by atoms with van der Waals surface area (Å²) in [5, 5.41) is 0. The van der Waals surface area contributed by atoms with Gasteiger partial charge in [-0.3, -0.25) is 0 Å². The molecule has 0 rings (SSSR count). The van der Waals surface area contributed by atoms with Crippen LogP contribution in [0.2, 0.25) is 0 Å². The molecule has 0 N–H and O–H groups in total. The average Bonchev–Trinajstić information content (AvgIpc) is 2.34. The summed E-state index contributed by atoms with van der Waals surface area (Å²) in [5.74, 6) is 0. The van der Waals surface area contributed by atoms with Crippen LogP contribution in [-0.2, 0) is 0 Å². The summed E-state index contributed by atoms with van der Waals surface area (Å²) >= 11 is 0. The molecule has 0 radical (unpaired) electrons. The zero-order chi connectivity index (χ0) is 13.0.